The SMILES string of the molecule is COc1cc(CO)ccc1Oc1ccc(C(C)O)cc1F. The first-order valence-electron chi connectivity index (χ1n) is 6.48. The number of ether oxygens (including phenoxy) is 2. The predicted octanol–water partition coefficient (Wildman–Crippen LogP) is 3.17. The Morgan fingerprint density at radius 3 is 2.38 bits per heavy atom. The molecule has 0 saturated carbocycles. The van der Waals surface area contributed by atoms with Gasteiger partial charge in [-0.05, 0) is 42.3 Å². The van der Waals surface area contributed by atoms with Crippen LogP contribution >= 0.6 is 0 Å². The maximum absolute atomic E-state index is 14.0. The highest BCUT2D eigenvalue weighted by Crippen LogP contribution is 2.34. The molecule has 0 radical (unpaired) electrons. The Balaban J connectivity index is 2.29. The lowest BCUT2D eigenvalue weighted by Gasteiger charge is -2.13. The summed E-state index contributed by atoms with van der Waals surface area (Å²) in [5.41, 5.74) is 1.14. The number of hydrogen-bond acceptors (Lipinski definition) is 4. The van der Waals surface area contributed by atoms with Crippen LogP contribution in [0, 0.1) is 5.82 Å². The molecular formula is C16H17FO4. The molecule has 5 heteroatoms. The van der Waals surface area contributed by atoms with Crippen LogP contribution in [0.25, 0.3) is 0 Å². The second-order valence-electron chi connectivity index (χ2n) is 4.61. The van der Waals surface area contributed by atoms with Crippen LogP contribution in [0.3, 0.4) is 0 Å². The van der Waals surface area contributed by atoms with Gasteiger partial charge >= 0.3 is 0 Å². The van der Waals surface area contributed by atoms with Crippen LogP contribution in [0.2, 0.25) is 0 Å². The molecule has 0 aliphatic rings. The van der Waals surface area contributed by atoms with Crippen LogP contribution in [0.5, 0.6) is 17.2 Å². The molecular weight excluding hydrogens is 275 g/mol. The van der Waals surface area contributed by atoms with E-state index in [-0.39, 0.29) is 12.4 Å². The highest BCUT2D eigenvalue weighted by molar-refractivity contribution is 5.46. The van der Waals surface area contributed by atoms with E-state index in [0.29, 0.717) is 22.6 Å². The smallest absolute Gasteiger partial charge is 0.169 e. The van der Waals surface area contributed by atoms with E-state index in [1.54, 1.807) is 31.2 Å². The Morgan fingerprint density at radius 2 is 1.81 bits per heavy atom. The molecule has 0 aromatic heterocycles. The lowest BCUT2D eigenvalue weighted by atomic mass is 10.1. The number of aliphatic hydroxyl groups excluding tert-OH is 2. The summed E-state index contributed by atoms with van der Waals surface area (Å²) in [5.74, 6) is 0.218. The number of hydrogen-bond donors (Lipinski definition) is 2. The summed E-state index contributed by atoms with van der Waals surface area (Å²) in [6.45, 7) is 1.44. The fraction of sp³-hybridized carbons (Fsp3) is 0.250. The summed E-state index contributed by atoms with van der Waals surface area (Å²) in [5, 5.41) is 18.5. The molecule has 0 aliphatic heterocycles. The van der Waals surface area contributed by atoms with Crippen LogP contribution in [-0.2, 0) is 6.61 Å². The average molecular weight is 292 g/mol. The fourth-order valence-corrected chi connectivity index (χ4v) is 1.87. The zero-order valence-corrected chi connectivity index (χ0v) is 11.8. The number of rotatable bonds is 5. The first-order chi connectivity index (χ1) is 10.0. The van der Waals surface area contributed by atoms with Crippen LogP contribution < -0.4 is 9.47 Å². The maximum atomic E-state index is 14.0. The molecule has 4 nitrogen and oxygen atoms in total. The quantitative estimate of drug-likeness (QED) is 0.888. The van der Waals surface area contributed by atoms with E-state index < -0.39 is 11.9 Å². The van der Waals surface area contributed by atoms with E-state index in [2.05, 4.69) is 0 Å². The first kappa shape index (κ1) is 15.3. The Labute approximate surface area is 122 Å². The standard InChI is InChI=1S/C16H17FO4/c1-10(19)12-4-6-14(13(17)8-12)21-15-5-3-11(9-18)7-16(15)20-2/h3-8,10,18-19H,9H2,1-2H3. The van der Waals surface area contributed by atoms with Crippen molar-refractivity contribution in [1.29, 1.82) is 0 Å². The average Bonchev–Trinajstić information content (AvgIpc) is 2.49. The van der Waals surface area contributed by atoms with E-state index >= 15 is 0 Å². The Morgan fingerprint density at radius 1 is 1.10 bits per heavy atom. The summed E-state index contributed by atoms with van der Waals surface area (Å²) in [6, 6.07) is 9.17. The van der Waals surface area contributed by atoms with Crippen molar-refractivity contribution < 1.29 is 24.1 Å². The molecule has 2 aromatic carbocycles. The van der Waals surface area contributed by atoms with Crippen molar-refractivity contribution in [3.8, 4) is 17.2 Å². The molecule has 0 amide bonds. The van der Waals surface area contributed by atoms with Crippen LogP contribution in [0.4, 0.5) is 4.39 Å². The third kappa shape index (κ3) is 3.51. The van der Waals surface area contributed by atoms with Crippen molar-refractivity contribution in [3.05, 3.63) is 53.3 Å². The molecule has 21 heavy (non-hydrogen) atoms. The van der Waals surface area contributed by atoms with Gasteiger partial charge in [0.2, 0.25) is 0 Å². The molecule has 0 heterocycles. The van der Waals surface area contributed by atoms with E-state index in [4.69, 9.17) is 14.6 Å². The van der Waals surface area contributed by atoms with Crippen LogP contribution in [-0.4, -0.2) is 17.3 Å². The molecule has 0 aliphatic carbocycles. The van der Waals surface area contributed by atoms with Gasteiger partial charge in [0.1, 0.15) is 0 Å². The third-order valence-corrected chi connectivity index (χ3v) is 3.07. The van der Waals surface area contributed by atoms with Crippen LogP contribution in [0.1, 0.15) is 24.2 Å². The molecule has 1 unspecified atom stereocenters. The molecule has 1 atom stereocenters. The van der Waals surface area contributed by atoms with Gasteiger partial charge in [0.15, 0.2) is 23.1 Å². The minimum Gasteiger partial charge on any atom is -0.493 e. The summed E-state index contributed by atoms with van der Waals surface area (Å²) >= 11 is 0. The number of benzene rings is 2. The Bertz CT molecular complexity index is 626. The van der Waals surface area contributed by atoms with E-state index in [1.165, 1.54) is 19.2 Å². The number of methoxy groups -OCH3 is 1. The van der Waals surface area contributed by atoms with Gasteiger partial charge in [-0.25, -0.2) is 4.39 Å². The first-order valence-corrected chi connectivity index (χ1v) is 6.48. The summed E-state index contributed by atoms with van der Waals surface area (Å²) in [6.07, 6.45) is -0.744. The molecule has 0 spiro atoms. The highest BCUT2D eigenvalue weighted by Gasteiger charge is 2.12. The van der Waals surface area contributed by atoms with Gasteiger partial charge in [-0.3, -0.25) is 0 Å². The summed E-state index contributed by atoms with van der Waals surface area (Å²) < 4.78 is 24.6. The van der Waals surface area contributed by atoms with Gasteiger partial charge in [-0.2, -0.15) is 0 Å². The molecule has 0 bridgehead atoms. The van der Waals surface area contributed by atoms with E-state index in [1.807, 2.05) is 0 Å². The lowest BCUT2D eigenvalue weighted by molar-refractivity contribution is 0.198. The van der Waals surface area contributed by atoms with Crippen molar-refractivity contribution in [2.24, 2.45) is 0 Å². The number of aliphatic hydroxyl groups is 2. The topological polar surface area (TPSA) is 58.9 Å². The van der Waals surface area contributed by atoms with Gasteiger partial charge in [-0.1, -0.05) is 12.1 Å². The molecule has 112 valence electrons. The van der Waals surface area contributed by atoms with Gasteiger partial charge < -0.3 is 19.7 Å². The second-order valence-corrected chi connectivity index (χ2v) is 4.61. The molecule has 2 aromatic rings. The normalized spacial score (nSPS) is 12.0. The fourth-order valence-electron chi connectivity index (χ4n) is 1.87. The molecule has 2 rings (SSSR count). The minimum absolute atomic E-state index is 0.0365. The highest BCUT2D eigenvalue weighted by atomic mass is 19.1. The van der Waals surface area contributed by atoms with Crippen molar-refractivity contribution in [2.75, 3.05) is 7.11 Å². The van der Waals surface area contributed by atoms with Crippen molar-refractivity contribution in [2.45, 2.75) is 19.6 Å². The zero-order valence-electron chi connectivity index (χ0n) is 11.8. The molecule has 0 saturated heterocycles. The second kappa shape index (κ2) is 6.56. The Kier molecular flexibility index (Phi) is 4.77. The van der Waals surface area contributed by atoms with Gasteiger partial charge in [-0.15, -0.1) is 0 Å². The lowest BCUT2D eigenvalue weighted by Crippen LogP contribution is -1.96. The van der Waals surface area contributed by atoms with E-state index in [0.717, 1.165) is 0 Å². The van der Waals surface area contributed by atoms with Gasteiger partial charge in [0, 0.05) is 0 Å². The summed E-state index contributed by atoms with van der Waals surface area (Å²) in [7, 11) is 1.47. The Hall–Kier alpha value is -2.11. The predicted molar refractivity (Wildman–Crippen MR) is 76.0 cm³/mol. The van der Waals surface area contributed by atoms with Crippen molar-refractivity contribution in [1.82, 2.24) is 0 Å². The molecule has 2 N–H and O–H groups in total. The van der Waals surface area contributed by atoms with Gasteiger partial charge in [0.05, 0.1) is 19.8 Å². The van der Waals surface area contributed by atoms with Crippen LogP contribution in [0.15, 0.2) is 36.4 Å². The van der Waals surface area contributed by atoms with Crippen molar-refractivity contribution in [3.63, 3.8) is 0 Å². The van der Waals surface area contributed by atoms with E-state index in [9.17, 15) is 9.50 Å². The minimum atomic E-state index is -0.744. The maximum Gasteiger partial charge on any atom is 0.169 e. The zero-order chi connectivity index (χ0) is 15.4. The van der Waals surface area contributed by atoms with Gasteiger partial charge in [0.25, 0.3) is 0 Å². The summed E-state index contributed by atoms with van der Waals surface area (Å²) in [4.78, 5) is 0. The largest absolute Gasteiger partial charge is 0.493 e. The van der Waals surface area contributed by atoms with Crippen molar-refractivity contribution >= 4 is 0 Å². The monoisotopic (exact) mass is 292 g/mol. The molecule has 0 fully saturated rings. The number of halogens is 1. The third-order valence-electron chi connectivity index (χ3n) is 3.07.